The average Bonchev–Trinajstić information content (AvgIpc) is 2.86. The molecule has 196 valence electrons. The van der Waals surface area contributed by atoms with E-state index in [9.17, 15) is 18.0 Å². The number of amides is 2. The van der Waals surface area contributed by atoms with Crippen molar-refractivity contribution < 1.29 is 22.7 Å². The fourth-order valence-corrected chi connectivity index (χ4v) is 4.20. The van der Waals surface area contributed by atoms with E-state index < -0.39 is 17.8 Å². The van der Waals surface area contributed by atoms with E-state index in [1.165, 1.54) is 25.4 Å². The van der Waals surface area contributed by atoms with E-state index >= 15 is 0 Å². The van der Waals surface area contributed by atoms with Gasteiger partial charge in [0.2, 0.25) is 5.88 Å². The van der Waals surface area contributed by atoms with Gasteiger partial charge in [-0.1, -0.05) is 6.07 Å². The van der Waals surface area contributed by atoms with Crippen LogP contribution in [0.3, 0.4) is 0 Å². The summed E-state index contributed by atoms with van der Waals surface area (Å²) in [6.45, 7) is 3.18. The summed E-state index contributed by atoms with van der Waals surface area (Å²) in [5, 5.41) is 5.02. The number of ether oxygens (including phenoxy) is 1. The quantitative estimate of drug-likeness (QED) is 0.435. The van der Waals surface area contributed by atoms with Crippen LogP contribution in [-0.4, -0.2) is 54.1 Å². The number of hydrogen-bond acceptors (Lipinski definition) is 6. The van der Waals surface area contributed by atoms with Crippen LogP contribution in [0, 0.1) is 6.92 Å². The van der Waals surface area contributed by atoms with E-state index in [0.717, 1.165) is 37.8 Å². The van der Waals surface area contributed by atoms with Crippen molar-refractivity contribution in [2.45, 2.75) is 32.0 Å². The van der Waals surface area contributed by atoms with Gasteiger partial charge in [-0.05, 0) is 75.8 Å². The molecule has 1 fully saturated rings. The Kier molecular flexibility index (Phi) is 7.82. The molecule has 2 aromatic carbocycles. The number of nitrogens with one attached hydrogen (secondary N) is 2. The summed E-state index contributed by atoms with van der Waals surface area (Å²) in [6, 6.07) is 11.9. The molecule has 0 saturated carbocycles. The molecule has 3 aromatic rings. The van der Waals surface area contributed by atoms with Crippen molar-refractivity contribution in [3.05, 3.63) is 66.0 Å². The molecule has 1 aliphatic rings. The predicted molar refractivity (Wildman–Crippen MR) is 136 cm³/mol. The highest BCUT2D eigenvalue weighted by Gasteiger charge is 2.32. The second-order valence-corrected chi connectivity index (χ2v) is 9.13. The maximum atomic E-state index is 13.1. The van der Waals surface area contributed by atoms with Gasteiger partial charge in [0.25, 0.3) is 0 Å². The third-order valence-electron chi connectivity index (χ3n) is 6.28. The van der Waals surface area contributed by atoms with Crippen LogP contribution in [0.4, 0.5) is 35.2 Å². The maximum Gasteiger partial charge on any atom is 0.416 e. The smallest absolute Gasteiger partial charge is 0.416 e. The minimum absolute atomic E-state index is 0.0425. The number of aromatic nitrogens is 2. The molecule has 11 heteroatoms. The third kappa shape index (κ3) is 6.88. The Morgan fingerprint density at radius 3 is 2.30 bits per heavy atom. The first-order valence-corrected chi connectivity index (χ1v) is 11.9. The largest absolute Gasteiger partial charge is 0.439 e. The van der Waals surface area contributed by atoms with E-state index in [2.05, 4.69) is 44.5 Å². The molecule has 0 unspecified atom stereocenters. The van der Waals surface area contributed by atoms with E-state index in [4.69, 9.17) is 4.74 Å². The first-order chi connectivity index (χ1) is 17.6. The lowest BCUT2D eigenvalue weighted by Gasteiger charge is -2.35. The summed E-state index contributed by atoms with van der Waals surface area (Å²) < 4.78 is 45.2. The zero-order chi connectivity index (χ0) is 26.6. The van der Waals surface area contributed by atoms with Crippen LogP contribution >= 0.6 is 0 Å². The fraction of sp³-hybridized carbons (Fsp3) is 0.346. The van der Waals surface area contributed by atoms with Crippen molar-refractivity contribution in [2.24, 2.45) is 0 Å². The molecule has 2 heterocycles. The summed E-state index contributed by atoms with van der Waals surface area (Å²) in [5.41, 5.74) is -0.225. The van der Waals surface area contributed by atoms with Gasteiger partial charge >= 0.3 is 12.2 Å². The lowest BCUT2D eigenvalue weighted by Crippen LogP contribution is -2.42. The number of alkyl halides is 3. The van der Waals surface area contributed by atoms with Gasteiger partial charge in [0.05, 0.1) is 5.56 Å². The standard InChI is InChI=1S/C26H29F3N6O2/c1-17-4-5-19(14-22(17)26(27,28)29)33-25(36)32-18-6-8-21(9-7-18)37-24-15-23(30-16-31-24)35-12-10-20(11-13-35)34(2)3/h4-9,14-16,20H,10-13H2,1-3H3,(H2,32,33,36). The van der Waals surface area contributed by atoms with Crippen molar-refractivity contribution in [1.82, 2.24) is 14.9 Å². The Morgan fingerprint density at radius 2 is 1.65 bits per heavy atom. The van der Waals surface area contributed by atoms with Crippen LogP contribution in [0.15, 0.2) is 54.9 Å². The van der Waals surface area contributed by atoms with E-state index in [1.807, 2.05) is 0 Å². The van der Waals surface area contributed by atoms with Gasteiger partial charge in [0, 0.05) is 36.6 Å². The molecular weight excluding hydrogens is 485 g/mol. The first-order valence-electron chi connectivity index (χ1n) is 11.9. The number of hydrogen-bond donors (Lipinski definition) is 2. The first kappa shape index (κ1) is 26.2. The second-order valence-electron chi connectivity index (χ2n) is 9.13. The van der Waals surface area contributed by atoms with Crippen LogP contribution < -0.4 is 20.3 Å². The highest BCUT2D eigenvalue weighted by atomic mass is 19.4. The predicted octanol–water partition coefficient (Wildman–Crippen LogP) is 5.77. The molecule has 8 nitrogen and oxygen atoms in total. The Bertz CT molecular complexity index is 1230. The molecule has 1 saturated heterocycles. The number of urea groups is 1. The van der Waals surface area contributed by atoms with E-state index in [1.54, 1.807) is 30.3 Å². The minimum Gasteiger partial charge on any atom is -0.439 e. The van der Waals surface area contributed by atoms with Crippen molar-refractivity contribution in [3.8, 4) is 11.6 Å². The monoisotopic (exact) mass is 514 g/mol. The molecule has 2 N–H and O–H groups in total. The van der Waals surface area contributed by atoms with Gasteiger partial charge in [-0.2, -0.15) is 13.2 Å². The van der Waals surface area contributed by atoms with Crippen molar-refractivity contribution in [3.63, 3.8) is 0 Å². The molecule has 0 radical (unpaired) electrons. The molecule has 1 aromatic heterocycles. The van der Waals surface area contributed by atoms with Gasteiger partial charge in [0.15, 0.2) is 0 Å². The van der Waals surface area contributed by atoms with Gasteiger partial charge in [-0.3, -0.25) is 0 Å². The number of benzene rings is 2. The average molecular weight is 515 g/mol. The molecule has 0 bridgehead atoms. The third-order valence-corrected chi connectivity index (χ3v) is 6.28. The van der Waals surface area contributed by atoms with E-state index in [-0.39, 0.29) is 11.3 Å². The SMILES string of the molecule is Cc1ccc(NC(=O)Nc2ccc(Oc3cc(N4CCC(N(C)C)CC4)ncn3)cc2)cc1C(F)(F)F. The van der Waals surface area contributed by atoms with Gasteiger partial charge in [-0.15, -0.1) is 0 Å². The molecule has 0 atom stereocenters. The van der Waals surface area contributed by atoms with Crippen molar-refractivity contribution in [2.75, 3.05) is 42.7 Å². The maximum absolute atomic E-state index is 13.1. The number of halogens is 3. The normalized spacial score (nSPS) is 14.5. The number of anilines is 3. The van der Waals surface area contributed by atoms with Crippen LogP contribution in [0.25, 0.3) is 0 Å². The Balaban J connectivity index is 1.33. The highest BCUT2D eigenvalue weighted by Crippen LogP contribution is 2.33. The van der Waals surface area contributed by atoms with Crippen molar-refractivity contribution in [1.29, 1.82) is 0 Å². The Labute approximate surface area is 213 Å². The molecular formula is C26H29F3N6O2. The van der Waals surface area contributed by atoms with Crippen molar-refractivity contribution >= 4 is 23.2 Å². The molecule has 2 amide bonds. The number of rotatable bonds is 6. The summed E-state index contributed by atoms with van der Waals surface area (Å²) >= 11 is 0. The topological polar surface area (TPSA) is 82.6 Å². The van der Waals surface area contributed by atoms with Crippen LogP contribution in [0.1, 0.15) is 24.0 Å². The number of carbonyl (C=O) groups is 1. The van der Waals surface area contributed by atoms with Gasteiger partial charge in [-0.25, -0.2) is 14.8 Å². The highest BCUT2D eigenvalue weighted by molar-refractivity contribution is 5.99. The number of aryl methyl sites for hydroxylation is 1. The summed E-state index contributed by atoms with van der Waals surface area (Å²) in [5.74, 6) is 1.72. The lowest BCUT2D eigenvalue weighted by molar-refractivity contribution is -0.138. The van der Waals surface area contributed by atoms with Crippen LogP contribution in [0.2, 0.25) is 0 Å². The Hall–Kier alpha value is -3.86. The zero-order valence-electron chi connectivity index (χ0n) is 20.8. The summed E-state index contributed by atoms with van der Waals surface area (Å²) in [4.78, 5) is 25.3. The number of nitrogens with zero attached hydrogens (tertiary/aromatic N) is 4. The summed E-state index contributed by atoms with van der Waals surface area (Å²) in [7, 11) is 4.20. The molecule has 0 spiro atoms. The van der Waals surface area contributed by atoms with Crippen LogP contribution in [-0.2, 0) is 6.18 Å². The molecule has 0 aliphatic carbocycles. The van der Waals surface area contributed by atoms with E-state index in [0.29, 0.717) is 23.4 Å². The number of piperidine rings is 1. The lowest BCUT2D eigenvalue weighted by atomic mass is 10.0. The molecule has 4 rings (SSSR count). The zero-order valence-corrected chi connectivity index (χ0v) is 20.8. The van der Waals surface area contributed by atoms with Crippen LogP contribution in [0.5, 0.6) is 11.6 Å². The minimum atomic E-state index is -4.50. The number of carbonyl (C=O) groups excluding carboxylic acids is 1. The van der Waals surface area contributed by atoms with Gasteiger partial charge in [0.1, 0.15) is 17.9 Å². The second kappa shape index (κ2) is 11.0. The summed E-state index contributed by atoms with van der Waals surface area (Å²) in [6.07, 6.45) is -0.912. The molecule has 1 aliphatic heterocycles. The molecule has 37 heavy (non-hydrogen) atoms. The van der Waals surface area contributed by atoms with Gasteiger partial charge < -0.3 is 25.2 Å². The fourth-order valence-electron chi connectivity index (χ4n) is 4.20. The Morgan fingerprint density at radius 1 is 1.00 bits per heavy atom.